The third kappa shape index (κ3) is 5.06. The van der Waals surface area contributed by atoms with Gasteiger partial charge < -0.3 is 4.74 Å². The number of rotatable bonds is 2. The van der Waals surface area contributed by atoms with Gasteiger partial charge in [0.2, 0.25) is 0 Å². The van der Waals surface area contributed by atoms with Crippen molar-refractivity contribution in [1.82, 2.24) is 0 Å². The molecule has 0 atom stereocenters. The quantitative estimate of drug-likeness (QED) is 0.259. The van der Waals surface area contributed by atoms with Crippen molar-refractivity contribution < 1.29 is 22.3 Å². The van der Waals surface area contributed by atoms with E-state index in [1.54, 1.807) is 36.4 Å². The summed E-state index contributed by atoms with van der Waals surface area (Å²) in [5, 5.41) is 0.755. The summed E-state index contributed by atoms with van der Waals surface area (Å²) in [5.41, 5.74) is 2.02. The van der Waals surface area contributed by atoms with Crippen LogP contribution in [-0.2, 0) is 11.3 Å². The molecule has 0 aromatic heterocycles. The van der Waals surface area contributed by atoms with Gasteiger partial charge in [-0.3, -0.25) is 0 Å². The zero-order valence-corrected chi connectivity index (χ0v) is 17.5. The van der Waals surface area contributed by atoms with Crippen LogP contribution < -0.4 is 0 Å². The van der Waals surface area contributed by atoms with E-state index in [1.807, 2.05) is 0 Å². The second-order valence-electron chi connectivity index (χ2n) is 7.24. The average molecular weight is 444 g/mol. The Morgan fingerprint density at radius 2 is 1.21 bits per heavy atom. The monoisotopic (exact) mass is 444 g/mol. The Morgan fingerprint density at radius 1 is 0.636 bits per heavy atom. The number of hydrogen-bond donors (Lipinski definition) is 0. The number of benzene rings is 4. The molecule has 0 aliphatic heterocycles. The molecule has 0 spiro atoms. The minimum Gasteiger partial charge on any atom is -0.380 e. The Hall–Kier alpha value is -4.06. The van der Waals surface area contributed by atoms with Gasteiger partial charge in [-0.25, -0.2) is 17.6 Å². The molecule has 0 N–H and O–H groups in total. The van der Waals surface area contributed by atoms with Crippen molar-refractivity contribution in [2.45, 2.75) is 6.61 Å². The summed E-state index contributed by atoms with van der Waals surface area (Å²) in [5.74, 6) is 8.01. The van der Waals surface area contributed by atoms with Crippen LogP contribution in [0.1, 0.15) is 27.8 Å². The molecule has 0 fully saturated rings. The van der Waals surface area contributed by atoms with Crippen LogP contribution in [-0.4, -0.2) is 7.11 Å². The van der Waals surface area contributed by atoms with E-state index in [1.165, 1.54) is 31.4 Å². The predicted octanol–water partition coefficient (Wildman–Crippen LogP) is 6.34. The number of halogens is 4. The topological polar surface area (TPSA) is 9.23 Å². The van der Waals surface area contributed by atoms with Gasteiger partial charge in [-0.05, 0) is 65.5 Å². The first-order chi connectivity index (χ1) is 15.9. The van der Waals surface area contributed by atoms with Gasteiger partial charge >= 0.3 is 0 Å². The van der Waals surface area contributed by atoms with Gasteiger partial charge in [0.05, 0.1) is 12.2 Å². The molecule has 33 heavy (non-hydrogen) atoms. The van der Waals surface area contributed by atoms with E-state index in [4.69, 9.17) is 4.74 Å². The maximum Gasteiger partial charge on any atom is 0.166 e. The van der Waals surface area contributed by atoms with Gasteiger partial charge in [0, 0.05) is 29.2 Å². The van der Waals surface area contributed by atoms with Crippen molar-refractivity contribution in [3.05, 3.63) is 118 Å². The van der Waals surface area contributed by atoms with Crippen molar-refractivity contribution in [3.8, 4) is 23.7 Å². The Bertz CT molecular complexity index is 1440. The maximum absolute atomic E-state index is 14.1. The molecule has 0 radical (unpaired) electrons. The molecule has 0 aliphatic carbocycles. The van der Waals surface area contributed by atoms with Crippen LogP contribution in [0.15, 0.2) is 66.7 Å². The zero-order valence-electron chi connectivity index (χ0n) is 17.5. The van der Waals surface area contributed by atoms with Crippen molar-refractivity contribution in [1.29, 1.82) is 0 Å². The molecule has 0 heterocycles. The zero-order chi connectivity index (χ0) is 23.4. The second-order valence-corrected chi connectivity index (χ2v) is 7.24. The fraction of sp³-hybridized carbons (Fsp3) is 0.0714. The Labute approximate surface area is 188 Å². The van der Waals surface area contributed by atoms with Crippen LogP contribution in [0.5, 0.6) is 0 Å². The first kappa shape index (κ1) is 22.1. The van der Waals surface area contributed by atoms with E-state index >= 15 is 0 Å². The highest BCUT2D eigenvalue weighted by molar-refractivity contribution is 5.84. The van der Waals surface area contributed by atoms with Crippen LogP contribution >= 0.6 is 0 Å². The lowest BCUT2D eigenvalue weighted by Gasteiger charge is -2.03. The fourth-order valence-electron chi connectivity index (χ4n) is 3.25. The molecule has 0 bridgehead atoms. The Kier molecular flexibility index (Phi) is 6.45. The van der Waals surface area contributed by atoms with Crippen LogP contribution in [0.3, 0.4) is 0 Å². The number of methoxy groups -OCH3 is 1. The van der Waals surface area contributed by atoms with Crippen LogP contribution in [0.2, 0.25) is 0 Å². The molecule has 1 nitrogen and oxygen atoms in total. The van der Waals surface area contributed by atoms with Crippen molar-refractivity contribution in [3.63, 3.8) is 0 Å². The third-order valence-corrected chi connectivity index (χ3v) is 4.89. The molecule has 0 unspecified atom stereocenters. The minimum absolute atomic E-state index is 0.110. The van der Waals surface area contributed by atoms with E-state index in [9.17, 15) is 17.6 Å². The highest BCUT2D eigenvalue weighted by Crippen LogP contribution is 2.21. The second kappa shape index (κ2) is 9.61. The standard InChI is InChI=1S/C28H16F4O/c1-33-17-21-15-26(30)24(27(31)16-21)12-8-19-4-2-18(3-5-19)6-7-20-9-11-23-22(14-20)10-13-25(29)28(23)32/h2-5,9-11,13-16H,17H2,1H3. The van der Waals surface area contributed by atoms with Gasteiger partial charge in [-0.15, -0.1) is 0 Å². The van der Waals surface area contributed by atoms with E-state index in [-0.39, 0.29) is 17.6 Å². The molecule has 4 aromatic rings. The summed E-state index contributed by atoms with van der Waals surface area (Å²) in [6.07, 6.45) is 0. The van der Waals surface area contributed by atoms with Gasteiger partial charge in [0.15, 0.2) is 11.6 Å². The average Bonchev–Trinajstić information content (AvgIpc) is 2.80. The number of hydrogen-bond acceptors (Lipinski definition) is 1. The van der Waals surface area contributed by atoms with E-state index < -0.39 is 23.3 Å². The molecule has 0 aliphatic rings. The highest BCUT2D eigenvalue weighted by Gasteiger charge is 2.09. The van der Waals surface area contributed by atoms with Crippen LogP contribution in [0, 0.1) is 47.0 Å². The first-order valence-corrected chi connectivity index (χ1v) is 9.93. The summed E-state index contributed by atoms with van der Waals surface area (Å²) in [6, 6.07) is 16.7. The largest absolute Gasteiger partial charge is 0.380 e. The molecular weight excluding hydrogens is 428 g/mol. The smallest absolute Gasteiger partial charge is 0.166 e. The van der Waals surface area contributed by atoms with E-state index in [0.29, 0.717) is 27.6 Å². The van der Waals surface area contributed by atoms with Crippen molar-refractivity contribution >= 4 is 10.8 Å². The summed E-state index contributed by atoms with van der Waals surface area (Å²) in [4.78, 5) is 0. The molecule has 4 rings (SSSR count). The van der Waals surface area contributed by atoms with Crippen molar-refractivity contribution in [2.75, 3.05) is 7.11 Å². The molecule has 162 valence electrons. The lowest BCUT2D eigenvalue weighted by molar-refractivity contribution is 0.184. The summed E-state index contributed by atoms with van der Waals surface area (Å²) >= 11 is 0. The van der Waals surface area contributed by atoms with Crippen LogP contribution in [0.25, 0.3) is 10.8 Å². The SMILES string of the molecule is COCc1cc(F)c(C#Cc2ccc(C#Cc3ccc4c(F)c(F)ccc4c3)cc2)c(F)c1. The van der Waals surface area contributed by atoms with Gasteiger partial charge in [-0.1, -0.05) is 35.8 Å². The highest BCUT2D eigenvalue weighted by atomic mass is 19.2. The molecule has 5 heteroatoms. The third-order valence-electron chi connectivity index (χ3n) is 4.89. The van der Waals surface area contributed by atoms with E-state index in [2.05, 4.69) is 23.7 Å². The maximum atomic E-state index is 14.1. The lowest BCUT2D eigenvalue weighted by Crippen LogP contribution is -1.96. The van der Waals surface area contributed by atoms with Gasteiger partial charge in [0.1, 0.15) is 11.6 Å². The molecular formula is C28H16F4O. The van der Waals surface area contributed by atoms with E-state index in [0.717, 1.165) is 6.07 Å². The lowest BCUT2D eigenvalue weighted by atomic mass is 10.1. The summed E-state index contributed by atoms with van der Waals surface area (Å²) in [7, 11) is 1.45. The number of fused-ring (bicyclic) bond motifs is 1. The molecule has 0 saturated heterocycles. The fourth-order valence-corrected chi connectivity index (χ4v) is 3.25. The Morgan fingerprint density at radius 3 is 1.85 bits per heavy atom. The molecule has 0 saturated carbocycles. The Balaban J connectivity index is 1.53. The first-order valence-electron chi connectivity index (χ1n) is 9.93. The van der Waals surface area contributed by atoms with Gasteiger partial charge in [-0.2, -0.15) is 0 Å². The molecule has 4 aromatic carbocycles. The predicted molar refractivity (Wildman–Crippen MR) is 119 cm³/mol. The minimum atomic E-state index is -0.891. The van der Waals surface area contributed by atoms with Crippen molar-refractivity contribution in [2.24, 2.45) is 0 Å². The number of ether oxygens (including phenoxy) is 1. The van der Waals surface area contributed by atoms with Gasteiger partial charge in [0.25, 0.3) is 0 Å². The normalized spacial score (nSPS) is 10.3. The summed E-state index contributed by atoms with van der Waals surface area (Å²) in [6.45, 7) is 0.110. The molecule has 0 amide bonds. The summed E-state index contributed by atoms with van der Waals surface area (Å²) < 4.78 is 60.3. The van der Waals surface area contributed by atoms with Crippen LogP contribution in [0.4, 0.5) is 17.6 Å².